The van der Waals surface area contributed by atoms with Crippen molar-refractivity contribution in [1.82, 2.24) is 20.0 Å². The lowest BCUT2D eigenvalue weighted by atomic mass is 9.95. The number of nitrogens with zero attached hydrogens (tertiary/aromatic N) is 4. The molecule has 3 amide bonds. The first-order valence-corrected chi connectivity index (χ1v) is 13.3. The number of alkyl halides is 1. The standard InChI is InChI=1S/C30H36FN5O3/c1-20(2)22-10-12-24(13-11-22)29(23-8-6-5-7-9-23)32-30(39)26-18-25(31)19-36(26)28(38)15-17-35(21(3)37)27-14-16-34(4)33-27/h5-14,16,20,25-26,29H,15,17-19H2,1-4H3,(H,32,39)/t25-,26?,29+/m1/s1. The van der Waals surface area contributed by atoms with Crippen molar-refractivity contribution in [3.8, 4) is 0 Å². The molecule has 206 valence electrons. The molecule has 0 saturated carbocycles. The molecular formula is C30H36FN5O3. The van der Waals surface area contributed by atoms with Crippen molar-refractivity contribution < 1.29 is 18.8 Å². The van der Waals surface area contributed by atoms with Gasteiger partial charge < -0.3 is 10.2 Å². The number of hydrogen-bond acceptors (Lipinski definition) is 4. The maximum Gasteiger partial charge on any atom is 0.243 e. The van der Waals surface area contributed by atoms with Crippen LogP contribution in [0.15, 0.2) is 66.9 Å². The molecule has 0 spiro atoms. The molecule has 0 aliphatic carbocycles. The second kappa shape index (κ2) is 12.2. The summed E-state index contributed by atoms with van der Waals surface area (Å²) in [5.41, 5.74) is 2.98. The van der Waals surface area contributed by atoms with E-state index in [-0.39, 0.29) is 37.7 Å². The molecule has 1 aliphatic heterocycles. The first-order chi connectivity index (χ1) is 18.6. The van der Waals surface area contributed by atoms with E-state index in [1.54, 1.807) is 24.0 Å². The number of anilines is 1. The van der Waals surface area contributed by atoms with Crippen molar-refractivity contribution in [1.29, 1.82) is 0 Å². The molecule has 1 aromatic heterocycles. The van der Waals surface area contributed by atoms with Gasteiger partial charge in [0.15, 0.2) is 5.82 Å². The summed E-state index contributed by atoms with van der Waals surface area (Å²) in [4.78, 5) is 41.7. The average Bonchev–Trinajstić information content (AvgIpc) is 3.53. The molecule has 8 nitrogen and oxygen atoms in total. The Bertz CT molecular complexity index is 1290. The molecule has 1 unspecified atom stereocenters. The van der Waals surface area contributed by atoms with Gasteiger partial charge in [0.25, 0.3) is 0 Å². The van der Waals surface area contributed by atoms with Crippen LogP contribution in [0.25, 0.3) is 0 Å². The zero-order valence-corrected chi connectivity index (χ0v) is 22.9. The van der Waals surface area contributed by atoms with E-state index in [4.69, 9.17) is 0 Å². The summed E-state index contributed by atoms with van der Waals surface area (Å²) in [6.45, 7) is 5.58. The minimum Gasteiger partial charge on any atom is -0.343 e. The quantitative estimate of drug-likeness (QED) is 0.448. The molecule has 4 rings (SSSR count). The van der Waals surface area contributed by atoms with E-state index in [1.165, 1.54) is 22.3 Å². The first kappa shape index (κ1) is 28.0. The highest BCUT2D eigenvalue weighted by Gasteiger charge is 2.40. The highest BCUT2D eigenvalue weighted by Crippen LogP contribution is 2.27. The number of rotatable bonds is 9. The van der Waals surface area contributed by atoms with Crippen molar-refractivity contribution in [2.75, 3.05) is 18.0 Å². The van der Waals surface area contributed by atoms with Gasteiger partial charge in [-0.05, 0) is 22.6 Å². The van der Waals surface area contributed by atoms with Crippen LogP contribution in [0.3, 0.4) is 0 Å². The third-order valence-electron chi connectivity index (χ3n) is 7.13. The predicted octanol–water partition coefficient (Wildman–Crippen LogP) is 4.13. The number of aryl methyl sites for hydroxylation is 1. The topological polar surface area (TPSA) is 87.5 Å². The smallest absolute Gasteiger partial charge is 0.243 e. The van der Waals surface area contributed by atoms with Crippen LogP contribution in [0.1, 0.15) is 62.3 Å². The van der Waals surface area contributed by atoms with Gasteiger partial charge in [0.1, 0.15) is 12.2 Å². The highest BCUT2D eigenvalue weighted by molar-refractivity contribution is 5.92. The number of amides is 3. The van der Waals surface area contributed by atoms with Crippen molar-refractivity contribution in [2.24, 2.45) is 7.05 Å². The zero-order chi connectivity index (χ0) is 28.1. The fourth-order valence-electron chi connectivity index (χ4n) is 4.96. The van der Waals surface area contributed by atoms with E-state index < -0.39 is 24.2 Å². The molecule has 39 heavy (non-hydrogen) atoms. The Balaban J connectivity index is 1.50. The van der Waals surface area contributed by atoms with Gasteiger partial charge in [0.05, 0.1) is 12.6 Å². The minimum absolute atomic E-state index is 0.0502. The second-order valence-corrected chi connectivity index (χ2v) is 10.3. The molecule has 1 aliphatic rings. The van der Waals surface area contributed by atoms with Crippen LogP contribution in [0.2, 0.25) is 0 Å². The summed E-state index contributed by atoms with van der Waals surface area (Å²) >= 11 is 0. The number of carbonyl (C=O) groups is 3. The van der Waals surface area contributed by atoms with Crippen LogP contribution >= 0.6 is 0 Å². The maximum absolute atomic E-state index is 14.6. The lowest BCUT2D eigenvalue weighted by Gasteiger charge is -2.28. The Labute approximate surface area is 228 Å². The zero-order valence-electron chi connectivity index (χ0n) is 22.9. The summed E-state index contributed by atoms with van der Waals surface area (Å²) in [5, 5.41) is 7.32. The van der Waals surface area contributed by atoms with Gasteiger partial charge in [-0.15, -0.1) is 0 Å². The Morgan fingerprint density at radius 2 is 1.67 bits per heavy atom. The number of nitrogens with one attached hydrogen (secondary N) is 1. The van der Waals surface area contributed by atoms with Gasteiger partial charge in [-0.1, -0.05) is 68.4 Å². The molecule has 0 radical (unpaired) electrons. The Kier molecular flexibility index (Phi) is 8.79. The lowest BCUT2D eigenvalue weighted by Crippen LogP contribution is -2.47. The minimum atomic E-state index is -1.30. The van der Waals surface area contributed by atoms with Crippen LogP contribution in [0, 0.1) is 0 Å². The van der Waals surface area contributed by atoms with Gasteiger partial charge in [0.2, 0.25) is 17.7 Å². The van der Waals surface area contributed by atoms with Crippen molar-refractivity contribution >= 4 is 23.5 Å². The first-order valence-electron chi connectivity index (χ1n) is 13.3. The van der Waals surface area contributed by atoms with Crippen molar-refractivity contribution in [2.45, 2.75) is 57.8 Å². The number of aromatic nitrogens is 2. The third kappa shape index (κ3) is 6.71. The van der Waals surface area contributed by atoms with Gasteiger partial charge in [-0.2, -0.15) is 5.10 Å². The van der Waals surface area contributed by atoms with Crippen LogP contribution in [-0.4, -0.2) is 57.7 Å². The second-order valence-electron chi connectivity index (χ2n) is 10.3. The molecule has 1 N–H and O–H groups in total. The van der Waals surface area contributed by atoms with E-state index >= 15 is 0 Å². The van der Waals surface area contributed by atoms with Crippen molar-refractivity contribution in [3.63, 3.8) is 0 Å². The summed E-state index contributed by atoms with van der Waals surface area (Å²) in [5.74, 6) is -0.228. The molecule has 2 aromatic carbocycles. The lowest BCUT2D eigenvalue weighted by molar-refractivity contribution is -0.138. The normalized spacial score (nSPS) is 17.7. The number of hydrogen-bond donors (Lipinski definition) is 1. The molecule has 3 atom stereocenters. The third-order valence-corrected chi connectivity index (χ3v) is 7.13. The van der Waals surface area contributed by atoms with E-state index in [1.807, 2.05) is 54.6 Å². The van der Waals surface area contributed by atoms with E-state index in [9.17, 15) is 18.8 Å². The van der Waals surface area contributed by atoms with E-state index in [0.29, 0.717) is 11.7 Å². The molecule has 3 aromatic rings. The summed E-state index contributed by atoms with van der Waals surface area (Å²) in [7, 11) is 1.74. The number of carbonyl (C=O) groups excluding carboxylic acids is 3. The van der Waals surface area contributed by atoms with Crippen LogP contribution < -0.4 is 10.2 Å². The molecule has 0 bridgehead atoms. The van der Waals surface area contributed by atoms with Crippen LogP contribution in [-0.2, 0) is 21.4 Å². The molecule has 1 fully saturated rings. The highest BCUT2D eigenvalue weighted by atomic mass is 19.1. The van der Waals surface area contributed by atoms with Gasteiger partial charge in [-0.3, -0.25) is 24.0 Å². The summed E-state index contributed by atoms with van der Waals surface area (Å²) < 4.78 is 16.2. The van der Waals surface area contributed by atoms with Gasteiger partial charge in [0, 0.05) is 45.6 Å². The molecule has 1 saturated heterocycles. The number of likely N-dealkylation sites (tertiary alicyclic amines) is 1. The van der Waals surface area contributed by atoms with Crippen LogP contribution in [0.5, 0.6) is 0 Å². The number of benzene rings is 2. The SMILES string of the molecule is CC(=O)N(CCC(=O)N1C[C@H](F)CC1C(=O)N[C@@H](c1ccccc1)c1ccc(C(C)C)cc1)c1ccn(C)n1. The Morgan fingerprint density at radius 3 is 2.26 bits per heavy atom. The van der Waals surface area contributed by atoms with E-state index in [0.717, 1.165) is 11.1 Å². The summed E-state index contributed by atoms with van der Waals surface area (Å²) in [6.07, 6.45) is 0.291. The molecule has 9 heteroatoms. The predicted molar refractivity (Wildman–Crippen MR) is 148 cm³/mol. The fraction of sp³-hybridized carbons (Fsp3) is 0.400. The largest absolute Gasteiger partial charge is 0.343 e. The molecular weight excluding hydrogens is 497 g/mol. The van der Waals surface area contributed by atoms with Gasteiger partial charge in [-0.25, -0.2) is 4.39 Å². The molecule has 2 heterocycles. The van der Waals surface area contributed by atoms with Crippen molar-refractivity contribution in [3.05, 3.63) is 83.6 Å². The van der Waals surface area contributed by atoms with E-state index in [2.05, 4.69) is 24.3 Å². The Morgan fingerprint density at radius 1 is 1.03 bits per heavy atom. The summed E-state index contributed by atoms with van der Waals surface area (Å²) in [6, 6.07) is 18.0. The monoisotopic (exact) mass is 533 g/mol. The Hall–Kier alpha value is -4.01. The maximum atomic E-state index is 14.6. The fourth-order valence-corrected chi connectivity index (χ4v) is 4.96. The average molecular weight is 534 g/mol. The van der Waals surface area contributed by atoms with Gasteiger partial charge >= 0.3 is 0 Å². The number of halogens is 1. The van der Waals surface area contributed by atoms with Crippen LogP contribution in [0.4, 0.5) is 10.2 Å².